The fraction of sp³-hybridized carbons (Fsp3) is 0.217. The van der Waals surface area contributed by atoms with E-state index in [0.29, 0.717) is 24.2 Å². The average Bonchev–Trinajstić information content (AvgIpc) is 2.74. The zero-order valence-corrected chi connectivity index (χ0v) is 15.5. The monoisotopic (exact) mass is 371 g/mol. The van der Waals surface area contributed by atoms with E-state index in [-0.39, 0.29) is 11.7 Å². The van der Waals surface area contributed by atoms with E-state index in [4.69, 9.17) is 5.26 Å². The van der Waals surface area contributed by atoms with Crippen LogP contribution in [-0.4, -0.2) is 47.0 Å². The number of benzene rings is 3. The predicted octanol–water partition coefficient (Wildman–Crippen LogP) is 3.38. The van der Waals surface area contributed by atoms with Crippen molar-refractivity contribution in [2.75, 3.05) is 26.2 Å². The lowest BCUT2D eigenvalue weighted by Gasteiger charge is -2.35. The van der Waals surface area contributed by atoms with E-state index in [9.17, 15) is 9.90 Å². The van der Waals surface area contributed by atoms with Crippen LogP contribution in [0.15, 0.2) is 60.7 Å². The molecule has 1 aliphatic heterocycles. The summed E-state index contributed by atoms with van der Waals surface area (Å²) >= 11 is 0. The summed E-state index contributed by atoms with van der Waals surface area (Å²) in [7, 11) is 0. The number of hydrogen-bond acceptors (Lipinski definition) is 4. The Morgan fingerprint density at radius 3 is 2.25 bits per heavy atom. The largest absolute Gasteiger partial charge is 0.507 e. The molecule has 1 heterocycles. The Hall–Kier alpha value is -3.36. The highest BCUT2D eigenvalue weighted by Crippen LogP contribution is 2.26. The number of phenols is 1. The Labute approximate surface area is 164 Å². The standard InChI is InChI=1S/C23H21N3O2/c24-15-17-5-7-18(8-6-17)16-25-9-11-26(12-10-25)23(28)21-13-19-3-1-2-4-20(19)14-22(21)27/h1-8,13-14,27H,9-12,16H2. The third kappa shape index (κ3) is 3.68. The lowest BCUT2D eigenvalue weighted by atomic mass is 10.0. The predicted molar refractivity (Wildman–Crippen MR) is 108 cm³/mol. The van der Waals surface area contributed by atoms with Crippen molar-refractivity contribution >= 4 is 16.7 Å². The van der Waals surface area contributed by atoms with Crippen LogP contribution in [0.4, 0.5) is 0 Å². The van der Waals surface area contributed by atoms with E-state index >= 15 is 0 Å². The first-order chi connectivity index (χ1) is 13.6. The third-order valence-corrected chi connectivity index (χ3v) is 5.24. The quantitative estimate of drug-likeness (QED) is 0.766. The Balaban J connectivity index is 1.41. The van der Waals surface area contributed by atoms with Gasteiger partial charge in [0.15, 0.2) is 0 Å². The number of aromatic hydroxyl groups is 1. The Bertz CT molecular complexity index is 1050. The summed E-state index contributed by atoms with van der Waals surface area (Å²) in [6.07, 6.45) is 0. The molecule has 1 amide bonds. The minimum Gasteiger partial charge on any atom is -0.507 e. The highest BCUT2D eigenvalue weighted by Gasteiger charge is 2.24. The number of carbonyl (C=O) groups is 1. The van der Waals surface area contributed by atoms with Gasteiger partial charge in [0.1, 0.15) is 5.75 Å². The molecule has 0 aromatic heterocycles. The van der Waals surface area contributed by atoms with Gasteiger partial charge >= 0.3 is 0 Å². The number of carbonyl (C=O) groups excluding carboxylic acids is 1. The molecule has 0 bridgehead atoms. The summed E-state index contributed by atoms with van der Waals surface area (Å²) in [5.74, 6) is -0.0926. The van der Waals surface area contributed by atoms with Crippen molar-refractivity contribution in [3.8, 4) is 11.8 Å². The summed E-state index contributed by atoms with van der Waals surface area (Å²) in [6, 6.07) is 20.9. The molecule has 3 aromatic rings. The molecular formula is C23H21N3O2. The fourth-order valence-corrected chi connectivity index (χ4v) is 3.62. The number of amides is 1. The van der Waals surface area contributed by atoms with Crippen LogP contribution in [-0.2, 0) is 6.54 Å². The maximum atomic E-state index is 12.9. The lowest BCUT2D eigenvalue weighted by Crippen LogP contribution is -2.48. The summed E-state index contributed by atoms with van der Waals surface area (Å²) in [6.45, 7) is 3.61. The zero-order chi connectivity index (χ0) is 19.5. The SMILES string of the molecule is N#Cc1ccc(CN2CCN(C(=O)c3cc4ccccc4cc3O)CC2)cc1. The maximum absolute atomic E-state index is 12.9. The second-order valence-corrected chi connectivity index (χ2v) is 7.09. The molecule has 0 atom stereocenters. The van der Waals surface area contributed by atoms with Crippen LogP contribution in [0.1, 0.15) is 21.5 Å². The molecule has 1 saturated heterocycles. The van der Waals surface area contributed by atoms with E-state index in [0.717, 1.165) is 36.0 Å². The number of nitrogens with zero attached hydrogens (tertiary/aromatic N) is 3. The van der Waals surface area contributed by atoms with Gasteiger partial charge in [-0.3, -0.25) is 9.69 Å². The van der Waals surface area contributed by atoms with Gasteiger partial charge in [-0.25, -0.2) is 0 Å². The van der Waals surface area contributed by atoms with E-state index in [1.807, 2.05) is 48.5 Å². The Kier molecular flexibility index (Phi) is 4.96. The highest BCUT2D eigenvalue weighted by atomic mass is 16.3. The lowest BCUT2D eigenvalue weighted by molar-refractivity contribution is 0.0626. The van der Waals surface area contributed by atoms with Crippen molar-refractivity contribution in [3.05, 3.63) is 77.4 Å². The van der Waals surface area contributed by atoms with E-state index in [1.54, 1.807) is 17.0 Å². The van der Waals surface area contributed by atoms with Crippen LogP contribution < -0.4 is 0 Å². The van der Waals surface area contributed by atoms with Crippen LogP contribution >= 0.6 is 0 Å². The first kappa shape index (κ1) is 18.0. The third-order valence-electron chi connectivity index (χ3n) is 5.24. The van der Waals surface area contributed by atoms with Gasteiger partial charge in [0, 0.05) is 32.7 Å². The molecule has 5 nitrogen and oxygen atoms in total. The number of nitriles is 1. The number of hydrogen-bond donors (Lipinski definition) is 1. The van der Waals surface area contributed by atoms with Gasteiger partial charge in [-0.05, 0) is 40.6 Å². The summed E-state index contributed by atoms with van der Waals surface area (Å²) < 4.78 is 0. The molecule has 28 heavy (non-hydrogen) atoms. The summed E-state index contributed by atoms with van der Waals surface area (Å²) in [4.78, 5) is 17.0. The molecular weight excluding hydrogens is 350 g/mol. The zero-order valence-electron chi connectivity index (χ0n) is 15.5. The Morgan fingerprint density at radius 2 is 1.61 bits per heavy atom. The molecule has 5 heteroatoms. The van der Waals surface area contributed by atoms with Gasteiger partial charge in [-0.15, -0.1) is 0 Å². The summed E-state index contributed by atoms with van der Waals surface area (Å²) in [5.41, 5.74) is 2.18. The average molecular weight is 371 g/mol. The maximum Gasteiger partial charge on any atom is 0.257 e. The molecule has 3 aromatic carbocycles. The molecule has 140 valence electrons. The highest BCUT2D eigenvalue weighted by molar-refractivity contribution is 6.01. The van der Waals surface area contributed by atoms with Crippen molar-refractivity contribution < 1.29 is 9.90 Å². The second-order valence-electron chi connectivity index (χ2n) is 7.09. The van der Waals surface area contributed by atoms with Crippen LogP contribution in [0.3, 0.4) is 0 Å². The normalized spacial score (nSPS) is 14.8. The molecule has 1 fully saturated rings. The molecule has 1 aliphatic rings. The van der Waals surface area contributed by atoms with Crippen molar-refractivity contribution in [1.82, 2.24) is 9.80 Å². The molecule has 0 unspecified atom stereocenters. The minimum atomic E-state index is -0.124. The van der Waals surface area contributed by atoms with Crippen molar-refractivity contribution in [2.45, 2.75) is 6.54 Å². The fourth-order valence-electron chi connectivity index (χ4n) is 3.62. The molecule has 0 radical (unpaired) electrons. The van der Waals surface area contributed by atoms with Crippen LogP contribution in [0.2, 0.25) is 0 Å². The molecule has 0 saturated carbocycles. The van der Waals surface area contributed by atoms with Crippen LogP contribution in [0.25, 0.3) is 10.8 Å². The first-order valence-corrected chi connectivity index (χ1v) is 9.36. The molecule has 4 rings (SSSR count). The second kappa shape index (κ2) is 7.71. The van der Waals surface area contributed by atoms with Crippen LogP contribution in [0.5, 0.6) is 5.75 Å². The number of piperazine rings is 1. The summed E-state index contributed by atoms with van der Waals surface area (Å²) in [5, 5.41) is 21.1. The van der Waals surface area contributed by atoms with E-state index < -0.39 is 0 Å². The number of fused-ring (bicyclic) bond motifs is 1. The van der Waals surface area contributed by atoms with Gasteiger partial charge in [-0.1, -0.05) is 36.4 Å². The number of rotatable bonds is 3. The van der Waals surface area contributed by atoms with Crippen molar-refractivity contribution in [3.63, 3.8) is 0 Å². The smallest absolute Gasteiger partial charge is 0.257 e. The van der Waals surface area contributed by atoms with Gasteiger partial charge in [0.25, 0.3) is 5.91 Å². The molecule has 1 N–H and O–H groups in total. The molecule has 0 spiro atoms. The minimum absolute atomic E-state index is 0.0312. The van der Waals surface area contributed by atoms with Gasteiger partial charge < -0.3 is 10.0 Å². The van der Waals surface area contributed by atoms with E-state index in [2.05, 4.69) is 11.0 Å². The Morgan fingerprint density at radius 1 is 0.964 bits per heavy atom. The van der Waals surface area contributed by atoms with Crippen molar-refractivity contribution in [1.29, 1.82) is 5.26 Å². The molecule has 0 aliphatic carbocycles. The van der Waals surface area contributed by atoms with E-state index in [1.165, 1.54) is 0 Å². The van der Waals surface area contributed by atoms with Gasteiger partial charge in [0.05, 0.1) is 17.2 Å². The topological polar surface area (TPSA) is 67.6 Å². The first-order valence-electron chi connectivity index (χ1n) is 9.36. The van der Waals surface area contributed by atoms with Crippen molar-refractivity contribution in [2.24, 2.45) is 0 Å². The van der Waals surface area contributed by atoms with Gasteiger partial charge in [-0.2, -0.15) is 5.26 Å². The van der Waals surface area contributed by atoms with Gasteiger partial charge in [0.2, 0.25) is 0 Å². The van der Waals surface area contributed by atoms with Crippen LogP contribution in [0, 0.1) is 11.3 Å². The number of phenolic OH excluding ortho intramolecular Hbond substituents is 1.